The van der Waals surface area contributed by atoms with Gasteiger partial charge in [-0.25, -0.2) is 0 Å². The predicted molar refractivity (Wildman–Crippen MR) is 108 cm³/mol. The fraction of sp³-hybridized carbons (Fsp3) is 0.917. The van der Waals surface area contributed by atoms with Crippen LogP contribution in [0.25, 0.3) is 0 Å². The Kier molecular flexibility index (Phi) is 7.90. The molecule has 0 aromatic carbocycles. The third-order valence-electron chi connectivity index (χ3n) is 7.76. The first-order valence-corrected chi connectivity index (χ1v) is 11.5. The maximum Gasteiger partial charge on any atom is 0.0575 e. The predicted octanol–water partition coefficient (Wildman–Crippen LogP) is 7.16. The highest BCUT2D eigenvalue weighted by Gasteiger charge is 2.30. The van der Waals surface area contributed by atoms with Gasteiger partial charge in [-0.15, -0.1) is 6.58 Å². The molecule has 144 valence electrons. The van der Waals surface area contributed by atoms with Crippen LogP contribution in [0.4, 0.5) is 0 Å². The molecule has 0 aliphatic heterocycles. The summed E-state index contributed by atoms with van der Waals surface area (Å²) in [5.74, 6) is 4.89. The summed E-state index contributed by atoms with van der Waals surface area (Å²) in [7, 11) is 0. The van der Waals surface area contributed by atoms with Crippen molar-refractivity contribution in [3.63, 3.8) is 0 Å². The molecule has 0 atom stereocenters. The first-order chi connectivity index (χ1) is 12.2. The van der Waals surface area contributed by atoms with Gasteiger partial charge in [0.2, 0.25) is 0 Å². The molecule has 3 fully saturated rings. The van der Waals surface area contributed by atoms with Crippen LogP contribution in [0.3, 0.4) is 0 Å². The van der Waals surface area contributed by atoms with Crippen LogP contribution >= 0.6 is 0 Å². The Morgan fingerprint density at radius 1 is 0.760 bits per heavy atom. The van der Waals surface area contributed by atoms with Crippen LogP contribution in [0.2, 0.25) is 0 Å². The lowest BCUT2D eigenvalue weighted by Crippen LogP contribution is -2.28. The average molecular weight is 347 g/mol. The van der Waals surface area contributed by atoms with E-state index in [1.54, 1.807) is 0 Å². The summed E-state index contributed by atoms with van der Waals surface area (Å²) in [4.78, 5) is 0. The molecule has 3 aliphatic rings. The summed E-state index contributed by atoms with van der Waals surface area (Å²) in [6, 6.07) is 0. The van der Waals surface area contributed by atoms with Gasteiger partial charge in [0.25, 0.3) is 0 Å². The van der Waals surface area contributed by atoms with Gasteiger partial charge in [-0.05, 0) is 107 Å². The van der Waals surface area contributed by atoms with E-state index in [2.05, 4.69) is 19.6 Å². The molecular formula is C24H42O. The van der Waals surface area contributed by atoms with E-state index >= 15 is 0 Å². The van der Waals surface area contributed by atoms with Crippen molar-refractivity contribution in [3.05, 3.63) is 12.7 Å². The van der Waals surface area contributed by atoms with Gasteiger partial charge in [-0.2, -0.15) is 0 Å². The number of rotatable bonds is 7. The SMILES string of the molecule is C=CCCC1CCC(OCC2CCC(C3CCC(C)CC3)CC2)CC1. The maximum absolute atomic E-state index is 6.35. The van der Waals surface area contributed by atoms with Crippen LogP contribution in [0.5, 0.6) is 0 Å². The molecule has 3 rings (SSSR count). The Morgan fingerprint density at radius 2 is 1.32 bits per heavy atom. The minimum Gasteiger partial charge on any atom is -0.378 e. The molecule has 0 amide bonds. The van der Waals surface area contributed by atoms with Crippen molar-refractivity contribution in [2.75, 3.05) is 6.61 Å². The van der Waals surface area contributed by atoms with E-state index in [4.69, 9.17) is 4.74 Å². The zero-order chi connectivity index (χ0) is 17.5. The Bertz CT molecular complexity index is 366. The molecule has 0 aromatic heterocycles. The zero-order valence-electron chi connectivity index (χ0n) is 16.8. The van der Waals surface area contributed by atoms with Crippen LogP contribution in [0, 0.1) is 29.6 Å². The van der Waals surface area contributed by atoms with Gasteiger partial charge in [0.15, 0.2) is 0 Å². The number of allylic oxidation sites excluding steroid dienone is 1. The molecule has 0 bridgehead atoms. The third kappa shape index (κ3) is 6.12. The second-order valence-corrected chi connectivity index (χ2v) is 9.64. The first kappa shape index (κ1) is 19.5. The van der Waals surface area contributed by atoms with Crippen LogP contribution < -0.4 is 0 Å². The molecule has 0 spiro atoms. The molecule has 3 aliphatic carbocycles. The molecule has 25 heavy (non-hydrogen) atoms. The standard InChI is InChI=1S/C24H42O/c1-3-4-5-20-10-16-24(17-11-20)25-18-21-8-14-23(15-9-21)22-12-6-19(2)7-13-22/h3,19-24H,1,4-18H2,2H3. The van der Waals surface area contributed by atoms with Gasteiger partial charge >= 0.3 is 0 Å². The highest BCUT2D eigenvalue weighted by molar-refractivity contribution is 4.82. The Hall–Kier alpha value is -0.300. The normalized spacial score (nSPS) is 39.9. The highest BCUT2D eigenvalue weighted by Crippen LogP contribution is 2.41. The van der Waals surface area contributed by atoms with Gasteiger partial charge in [0.05, 0.1) is 6.10 Å². The molecule has 0 aromatic rings. The summed E-state index contributed by atoms with van der Waals surface area (Å²) in [6.07, 6.45) is 22.4. The van der Waals surface area contributed by atoms with Gasteiger partial charge in [-0.3, -0.25) is 0 Å². The van der Waals surface area contributed by atoms with Crippen molar-refractivity contribution >= 4 is 0 Å². The van der Waals surface area contributed by atoms with E-state index < -0.39 is 0 Å². The monoisotopic (exact) mass is 346 g/mol. The molecule has 1 heteroatoms. The fourth-order valence-corrected chi connectivity index (χ4v) is 5.80. The van der Waals surface area contributed by atoms with Crippen LogP contribution in [0.1, 0.15) is 96.8 Å². The number of hydrogen-bond acceptors (Lipinski definition) is 1. The molecule has 1 nitrogen and oxygen atoms in total. The smallest absolute Gasteiger partial charge is 0.0575 e. The van der Waals surface area contributed by atoms with E-state index in [1.807, 2.05) is 0 Å². The van der Waals surface area contributed by atoms with Crippen LogP contribution in [-0.4, -0.2) is 12.7 Å². The number of ether oxygens (including phenoxy) is 1. The van der Waals surface area contributed by atoms with E-state index in [9.17, 15) is 0 Å². The van der Waals surface area contributed by atoms with E-state index in [-0.39, 0.29) is 0 Å². The van der Waals surface area contributed by atoms with E-state index in [1.165, 1.54) is 89.9 Å². The van der Waals surface area contributed by atoms with Crippen LogP contribution in [-0.2, 0) is 4.74 Å². The molecule has 0 heterocycles. The highest BCUT2D eigenvalue weighted by atomic mass is 16.5. The first-order valence-electron chi connectivity index (χ1n) is 11.5. The molecule has 0 saturated heterocycles. The minimum absolute atomic E-state index is 0.567. The van der Waals surface area contributed by atoms with Crippen molar-refractivity contribution in [2.45, 2.75) is 103 Å². The maximum atomic E-state index is 6.35. The molecular weight excluding hydrogens is 304 g/mol. The second kappa shape index (κ2) is 10.1. The Balaban J connectivity index is 1.28. The van der Waals surface area contributed by atoms with Gasteiger partial charge < -0.3 is 4.74 Å². The lowest BCUT2D eigenvalue weighted by atomic mass is 9.69. The van der Waals surface area contributed by atoms with E-state index in [0.717, 1.165) is 36.2 Å². The molecule has 0 radical (unpaired) electrons. The summed E-state index contributed by atoms with van der Waals surface area (Å²) in [5.41, 5.74) is 0. The van der Waals surface area contributed by atoms with Crippen molar-refractivity contribution < 1.29 is 4.74 Å². The lowest BCUT2D eigenvalue weighted by Gasteiger charge is -2.37. The van der Waals surface area contributed by atoms with Crippen molar-refractivity contribution in [2.24, 2.45) is 29.6 Å². The molecule has 3 saturated carbocycles. The minimum atomic E-state index is 0.567. The third-order valence-corrected chi connectivity index (χ3v) is 7.76. The number of hydrogen-bond donors (Lipinski definition) is 0. The summed E-state index contributed by atoms with van der Waals surface area (Å²) < 4.78 is 6.35. The summed E-state index contributed by atoms with van der Waals surface area (Å²) in [5, 5.41) is 0. The van der Waals surface area contributed by atoms with Gasteiger partial charge in [0, 0.05) is 6.61 Å². The fourth-order valence-electron chi connectivity index (χ4n) is 5.80. The summed E-state index contributed by atoms with van der Waals surface area (Å²) in [6.45, 7) is 7.35. The quantitative estimate of drug-likeness (QED) is 0.444. The summed E-state index contributed by atoms with van der Waals surface area (Å²) >= 11 is 0. The topological polar surface area (TPSA) is 9.23 Å². The second-order valence-electron chi connectivity index (χ2n) is 9.64. The van der Waals surface area contributed by atoms with Gasteiger partial charge in [-0.1, -0.05) is 25.8 Å². The van der Waals surface area contributed by atoms with Crippen LogP contribution in [0.15, 0.2) is 12.7 Å². The Labute approximate surface area is 157 Å². The molecule has 0 unspecified atom stereocenters. The lowest BCUT2D eigenvalue weighted by molar-refractivity contribution is -0.0127. The largest absolute Gasteiger partial charge is 0.378 e. The average Bonchev–Trinajstić information content (AvgIpc) is 2.67. The molecule has 0 N–H and O–H groups in total. The van der Waals surface area contributed by atoms with Crippen molar-refractivity contribution in [1.29, 1.82) is 0 Å². The van der Waals surface area contributed by atoms with Gasteiger partial charge in [0.1, 0.15) is 0 Å². The van der Waals surface area contributed by atoms with Crippen molar-refractivity contribution in [1.82, 2.24) is 0 Å². The zero-order valence-corrected chi connectivity index (χ0v) is 16.8. The van der Waals surface area contributed by atoms with E-state index in [0.29, 0.717) is 6.10 Å². The van der Waals surface area contributed by atoms with Crippen molar-refractivity contribution in [3.8, 4) is 0 Å². The Morgan fingerprint density at radius 3 is 1.92 bits per heavy atom.